The van der Waals surface area contributed by atoms with Crippen molar-refractivity contribution < 1.29 is 8.42 Å². The Balaban J connectivity index is 1.84. The van der Waals surface area contributed by atoms with Crippen LogP contribution in [0.1, 0.15) is 25.7 Å². The summed E-state index contributed by atoms with van der Waals surface area (Å²) in [5.41, 5.74) is 0. The lowest BCUT2D eigenvalue weighted by atomic mass is 10.0. The first kappa shape index (κ1) is 14.4. The van der Waals surface area contributed by atoms with Crippen molar-refractivity contribution >= 4 is 26.0 Å². The first-order valence-corrected chi connectivity index (χ1v) is 9.05. The average Bonchev–Trinajstić information content (AvgIpc) is 2.76. The van der Waals surface area contributed by atoms with Crippen molar-refractivity contribution in [3.63, 3.8) is 0 Å². The fourth-order valence-electron chi connectivity index (χ4n) is 3.22. The van der Waals surface area contributed by atoms with Gasteiger partial charge >= 0.3 is 0 Å². The smallest absolute Gasteiger partial charge is 0.244 e. The standard InChI is InChI=1S/C13H18BrN3O2S/c1-17(12-5-10-2-3-11(6-12)16-10)20(18,19)13-4-9(14)7-15-8-13/h4,7-8,10-12,16H,2-3,5-6H2,1H3. The van der Waals surface area contributed by atoms with E-state index in [0.717, 1.165) is 25.7 Å². The van der Waals surface area contributed by atoms with Gasteiger partial charge in [-0.05, 0) is 47.7 Å². The van der Waals surface area contributed by atoms with Crippen LogP contribution in [0.15, 0.2) is 27.8 Å². The zero-order chi connectivity index (χ0) is 14.3. The molecule has 2 atom stereocenters. The molecular weight excluding hydrogens is 342 g/mol. The third-order valence-corrected chi connectivity index (χ3v) is 6.63. The highest BCUT2D eigenvalue weighted by molar-refractivity contribution is 9.10. The summed E-state index contributed by atoms with van der Waals surface area (Å²) in [6.45, 7) is 0. The number of fused-ring (bicyclic) bond motifs is 2. The van der Waals surface area contributed by atoms with Crippen LogP contribution in [0.3, 0.4) is 0 Å². The molecule has 2 bridgehead atoms. The molecule has 1 aromatic rings. The van der Waals surface area contributed by atoms with Gasteiger partial charge in [0.25, 0.3) is 0 Å². The summed E-state index contributed by atoms with van der Waals surface area (Å²) in [6, 6.07) is 2.63. The molecule has 0 aliphatic carbocycles. The van der Waals surface area contributed by atoms with Crippen molar-refractivity contribution in [2.75, 3.05) is 7.05 Å². The lowest BCUT2D eigenvalue weighted by Crippen LogP contribution is -2.48. The number of nitrogens with one attached hydrogen (secondary N) is 1. The van der Waals surface area contributed by atoms with E-state index >= 15 is 0 Å². The van der Waals surface area contributed by atoms with E-state index in [9.17, 15) is 8.42 Å². The van der Waals surface area contributed by atoms with Crippen molar-refractivity contribution in [3.8, 4) is 0 Å². The Hall–Kier alpha value is -0.500. The van der Waals surface area contributed by atoms with Crippen LogP contribution in [0.4, 0.5) is 0 Å². The number of hydrogen-bond donors (Lipinski definition) is 1. The maximum atomic E-state index is 12.7. The molecule has 1 aromatic heterocycles. The van der Waals surface area contributed by atoms with Crippen LogP contribution in [-0.4, -0.2) is 42.9 Å². The van der Waals surface area contributed by atoms with Crippen LogP contribution in [0.5, 0.6) is 0 Å². The highest BCUT2D eigenvalue weighted by Gasteiger charge is 2.38. The van der Waals surface area contributed by atoms with Crippen molar-refractivity contribution in [1.82, 2.24) is 14.6 Å². The molecule has 0 aromatic carbocycles. The van der Waals surface area contributed by atoms with Gasteiger partial charge in [0.2, 0.25) is 10.0 Å². The Morgan fingerprint density at radius 2 is 1.95 bits per heavy atom. The van der Waals surface area contributed by atoms with Gasteiger partial charge in [-0.3, -0.25) is 4.98 Å². The molecule has 0 saturated carbocycles. The van der Waals surface area contributed by atoms with Gasteiger partial charge in [-0.15, -0.1) is 0 Å². The minimum Gasteiger partial charge on any atom is -0.311 e. The number of rotatable bonds is 3. The van der Waals surface area contributed by atoms with Crippen LogP contribution in [0, 0.1) is 0 Å². The van der Waals surface area contributed by atoms with Crippen LogP contribution in [0.2, 0.25) is 0 Å². The summed E-state index contributed by atoms with van der Waals surface area (Å²) in [6.07, 6.45) is 7.11. The zero-order valence-corrected chi connectivity index (χ0v) is 13.7. The molecule has 3 rings (SSSR count). The quantitative estimate of drug-likeness (QED) is 0.892. The Labute approximate surface area is 127 Å². The summed E-state index contributed by atoms with van der Waals surface area (Å²) in [4.78, 5) is 4.21. The summed E-state index contributed by atoms with van der Waals surface area (Å²) >= 11 is 3.27. The van der Waals surface area contributed by atoms with Crippen LogP contribution < -0.4 is 5.32 Å². The molecular formula is C13H18BrN3O2S. The van der Waals surface area contributed by atoms with Crippen molar-refractivity contribution in [2.24, 2.45) is 0 Å². The van der Waals surface area contributed by atoms with Crippen molar-refractivity contribution in [1.29, 1.82) is 0 Å². The molecule has 0 radical (unpaired) electrons. The first-order chi connectivity index (χ1) is 9.46. The van der Waals surface area contributed by atoms with E-state index in [1.54, 1.807) is 19.3 Å². The number of hydrogen-bond acceptors (Lipinski definition) is 4. The molecule has 3 heterocycles. The van der Waals surface area contributed by atoms with E-state index in [1.807, 2.05) is 0 Å². The summed E-state index contributed by atoms with van der Waals surface area (Å²) in [7, 11) is -1.78. The van der Waals surface area contributed by atoms with Gasteiger partial charge in [0, 0.05) is 42.0 Å². The number of pyridine rings is 1. The number of halogens is 1. The highest BCUT2D eigenvalue weighted by Crippen LogP contribution is 2.31. The second-order valence-corrected chi connectivity index (χ2v) is 8.54. The third-order valence-electron chi connectivity index (χ3n) is 4.32. The van der Waals surface area contributed by atoms with Gasteiger partial charge in [0.05, 0.1) is 0 Å². The van der Waals surface area contributed by atoms with Gasteiger partial charge in [0.15, 0.2) is 0 Å². The Morgan fingerprint density at radius 1 is 1.30 bits per heavy atom. The molecule has 20 heavy (non-hydrogen) atoms. The molecule has 2 saturated heterocycles. The maximum absolute atomic E-state index is 12.7. The molecule has 5 nitrogen and oxygen atoms in total. The molecule has 2 aliphatic rings. The van der Waals surface area contributed by atoms with Crippen LogP contribution >= 0.6 is 15.9 Å². The predicted molar refractivity (Wildman–Crippen MR) is 79.9 cm³/mol. The topological polar surface area (TPSA) is 62.3 Å². The van der Waals surface area contributed by atoms with Gasteiger partial charge in [-0.25, -0.2) is 8.42 Å². The molecule has 110 valence electrons. The number of nitrogens with zero attached hydrogens (tertiary/aromatic N) is 2. The normalized spacial score (nSPS) is 29.9. The van der Waals surface area contributed by atoms with E-state index < -0.39 is 10.0 Å². The maximum Gasteiger partial charge on any atom is 0.244 e. The third kappa shape index (κ3) is 2.64. The zero-order valence-electron chi connectivity index (χ0n) is 11.3. The minimum atomic E-state index is -3.47. The molecule has 2 fully saturated rings. The van der Waals surface area contributed by atoms with Gasteiger partial charge in [-0.2, -0.15) is 4.31 Å². The van der Waals surface area contributed by atoms with Crippen molar-refractivity contribution in [3.05, 3.63) is 22.9 Å². The average molecular weight is 360 g/mol. The van der Waals surface area contributed by atoms with E-state index in [0.29, 0.717) is 16.6 Å². The largest absolute Gasteiger partial charge is 0.311 e. The molecule has 1 N–H and O–H groups in total. The lowest BCUT2D eigenvalue weighted by molar-refractivity contribution is 0.251. The van der Waals surface area contributed by atoms with Gasteiger partial charge in [0.1, 0.15) is 4.90 Å². The fraction of sp³-hybridized carbons (Fsp3) is 0.615. The fourth-order valence-corrected chi connectivity index (χ4v) is 5.10. The molecule has 0 spiro atoms. The molecule has 0 amide bonds. The van der Waals surface area contributed by atoms with Crippen molar-refractivity contribution in [2.45, 2.75) is 48.7 Å². The van der Waals surface area contributed by atoms with Crippen LogP contribution in [-0.2, 0) is 10.0 Å². The first-order valence-electron chi connectivity index (χ1n) is 6.81. The second-order valence-electron chi connectivity index (χ2n) is 5.62. The lowest BCUT2D eigenvalue weighted by Gasteiger charge is -2.34. The number of aromatic nitrogens is 1. The SMILES string of the molecule is CN(C1CC2CCC(C1)N2)S(=O)(=O)c1cncc(Br)c1. The summed E-state index contributed by atoms with van der Waals surface area (Å²) < 4.78 is 27.5. The van der Waals surface area contributed by atoms with Crippen LogP contribution in [0.25, 0.3) is 0 Å². The van der Waals surface area contributed by atoms with Gasteiger partial charge < -0.3 is 5.32 Å². The van der Waals surface area contributed by atoms with Gasteiger partial charge in [-0.1, -0.05) is 0 Å². The Bertz CT molecular complexity index is 595. The molecule has 7 heteroatoms. The second kappa shape index (κ2) is 5.36. The number of piperidine rings is 1. The summed E-state index contributed by atoms with van der Waals surface area (Å²) in [5, 5.41) is 3.53. The number of sulfonamides is 1. The Kier molecular flexibility index (Phi) is 3.87. The monoisotopic (exact) mass is 359 g/mol. The van der Waals surface area contributed by atoms with E-state index in [1.165, 1.54) is 10.5 Å². The molecule has 2 aliphatic heterocycles. The Morgan fingerprint density at radius 3 is 2.55 bits per heavy atom. The minimum absolute atomic E-state index is 0.0812. The highest BCUT2D eigenvalue weighted by atomic mass is 79.9. The van der Waals surface area contributed by atoms with E-state index in [4.69, 9.17) is 0 Å². The van der Waals surface area contributed by atoms with E-state index in [-0.39, 0.29) is 10.9 Å². The summed E-state index contributed by atoms with van der Waals surface area (Å²) in [5.74, 6) is 0. The van der Waals surface area contributed by atoms with E-state index in [2.05, 4.69) is 26.2 Å². The predicted octanol–water partition coefficient (Wildman–Crippen LogP) is 1.75. The molecule has 2 unspecified atom stereocenters.